The summed E-state index contributed by atoms with van der Waals surface area (Å²) < 4.78 is 18.4. The van der Waals surface area contributed by atoms with Crippen molar-refractivity contribution in [2.45, 2.75) is 33.6 Å². The van der Waals surface area contributed by atoms with Crippen molar-refractivity contribution in [2.24, 2.45) is 11.3 Å². The van der Waals surface area contributed by atoms with Crippen molar-refractivity contribution in [3.8, 4) is 5.75 Å². The summed E-state index contributed by atoms with van der Waals surface area (Å²) >= 11 is 0. The first-order chi connectivity index (χ1) is 8.39. The molecule has 1 aromatic carbocycles. The summed E-state index contributed by atoms with van der Waals surface area (Å²) in [6, 6.07) is 9.55. The third-order valence-corrected chi connectivity index (χ3v) is 6.30. The number of para-hydroxylation sites is 1. The van der Waals surface area contributed by atoms with Crippen molar-refractivity contribution >= 4 is 7.37 Å². The summed E-state index contributed by atoms with van der Waals surface area (Å²) in [4.78, 5) is 0. The predicted molar refractivity (Wildman–Crippen MR) is 76.6 cm³/mol. The van der Waals surface area contributed by atoms with Crippen LogP contribution in [-0.2, 0) is 4.57 Å². The van der Waals surface area contributed by atoms with Crippen molar-refractivity contribution in [3.63, 3.8) is 0 Å². The Balaban J connectivity index is 1.98. The minimum absolute atomic E-state index is 0.317. The molecule has 0 saturated carbocycles. The topological polar surface area (TPSA) is 26.3 Å². The summed E-state index contributed by atoms with van der Waals surface area (Å²) in [5, 5.41) is 0. The van der Waals surface area contributed by atoms with Gasteiger partial charge >= 0.3 is 0 Å². The van der Waals surface area contributed by atoms with E-state index in [2.05, 4.69) is 20.8 Å². The van der Waals surface area contributed by atoms with Crippen molar-refractivity contribution in [3.05, 3.63) is 30.3 Å². The fourth-order valence-electron chi connectivity index (χ4n) is 2.59. The number of benzene rings is 1. The van der Waals surface area contributed by atoms with E-state index in [-0.39, 0.29) is 0 Å². The van der Waals surface area contributed by atoms with E-state index in [0.717, 1.165) is 30.9 Å². The van der Waals surface area contributed by atoms with Gasteiger partial charge in [0.2, 0.25) is 7.37 Å². The lowest BCUT2D eigenvalue weighted by molar-refractivity contribution is 0.218. The Bertz CT molecular complexity index is 422. The maximum absolute atomic E-state index is 12.7. The molecule has 0 atom stereocenters. The smallest absolute Gasteiger partial charge is 0.247 e. The zero-order chi connectivity index (χ0) is 13.2. The molecule has 0 radical (unpaired) electrons. The van der Waals surface area contributed by atoms with E-state index in [9.17, 15) is 4.57 Å². The van der Waals surface area contributed by atoms with Gasteiger partial charge in [0.15, 0.2) is 0 Å². The Hall–Kier alpha value is -0.750. The minimum Gasteiger partial charge on any atom is -0.443 e. The third kappa shape index (κ3) is 3.38. The van der Waals surface area contributed by atoms with Gasteiger partial charge in [-0.3, -0.25) is 4.57 Å². The SMILES string of the molecule is CC(C)(C)C1CCP(=O)(Oc2ccccc2)CC1. The molecule has 1 aliphatic heterocycles. The van der Waals surface area contributed by atoms with Crippen LogP contribution < -0.4 is 4.52 Å². The van der Waals surface area contributed by atoms with Gasteiger partial charge in [0, 0.05) is 12.3 Å². The molecule has 0 bridgehead atoms. The van der Waals surface area contributed by atoms with Gasteiger partial charge < -0.3 is 4.52 Å². The van der Waals surface area contributed by atoms with Crippen LogP contribution in [0.1, 0.15) is 33.6 Å². The van der Waals surface area contributed by atoms with Gasteiger partial charge in [-0.05, 0) is 36.3 Å². The Morgan fingerprint density at radius 3 is 2.17 bits per heavy atom. The molecule has 1 aromatic rings. The zero-order valence-corrected chi connectivity index (χ0v) is 12.5. The molecule has 2 rings (SSSR count). The van der Waals surface area contributed by atoms with Crippen LogP contribution in [-0.4, -0.2) is 12.3 Å². The van der Waals surface area contributed by atoms with Gasteiger partial charge in [-0.15, -0.1) is 0 Å². The maximum atomic E-state index is 12.7. The highest BCUT2D eigenvalue weighted by Gasteiger charge is 2.36. The van der Waals surface area contributed by atoms with Crippen LogP contribution >= 0.6 is 7.37 Å². The van der Waals surface area contributed by atoms with Crippen molar-refractivity contribution in [1.29, 1.82) is 0 Å². The predicted octanol–water partition coefficient (Wildman–Crippen LogP) is 4.80. The molecule has 0 N–H and O–H groups in total. The van der Waals surface area contributed by atoms with E-state index < -0.39 is 7.37 Å². The summed E-state index contributed by atoms with van der Waals surface area (Å²) in [5.41, 5.74) is 0.317. The van der Waals surface area contributed by atoms with Crippen LogP contribution in [0.4, 0.5) is 0 Å². The average Bonchev–Trinajstić information content (AvgIpc) is 2.29. The number of rotatable bonds is 2. The van der Waals surface area contributed by atoms with E-state index in [0.29, 0.717) is 11.3 Å². The van der Waals surface area contributed by atoms with Gasteiger partial charge in [-0.2, -0.15) is 0 Å². The van der Waals surface area contributed by atoms with Crippen LogP contribution in [0, 0.1) is 11.3 Å². The fourth-order valence-corrected chi connectivity index (χ4v) is 4.91. The molecule has 18 heavy (non-hydrogen) atoms. The lowest BCUT2D eigenvalue weighted by Gasteiger charge is -2.36. The summed E-state index contributed by atoms with van der Waals surface area (Å²) in [7, 11) is -2.44. The number of hydrogen-bond acceptors (Lipinski definition) is 2. The van der Waals surface area contributed by atoms with Gasteiger partial charge in [0.1, 0.15) is 5.75 Å². The molecular weight excluding hydrogens is 243 g/mol. The lowest BCUT2D eigenvalue weighted by Crippen LogP contribution is -2.27. The summed E-state index contributed by atoms with van der Waals surface area (Å²) in [6.07, 6.45) is 3.49. The zero-order valence-electron chi connectivity index (χ0n) is 11.6. The Labute approximate surface area is 110 Å². The first-order valence-corrected chi connectivity index (χ1v) is 8.71. The highest BCUT2D eigenvalue weighted by Crippen LogP contribution is 2.54. The molecular formula is C15H23O2P. The Morgan fingerprint density at radius 1 is 1.11 bits per heavy atom. The third-order valence-electron chi connectivity index (χ3n) is 3.88. The maximum Gasteiger partial charge on any atom is 0.247 e. The molecule has 1 saturated heterocycles. The summed E-state index contributed by atoms with van der Waals surface area (Å²) in [6.45, 7) is 6.81. The largest absolute Gasteiger partial charge is 0.443 e. The molecule has 1 aliphatic rings. The Kier molecular flexibility index (Phi) is 3.87. The van der Waals surface area contributed by atoms with Crippen molar-refractivity contribution < 1.29 is 9.09 Å². The quantitative estimate of drug-likeness (QED) is 0.719. The van der Waals surface area contributed by atoms with Crippen LogP contribution in [0.25, 0.3) is 0 Å². The normalized spacial score (nSPS) is 28.9. The molecule has 0 unspecified atom stereocenters. The van der Waals surface area contributed by atoms with Gasteiger partial charge in [-0.25, -0.2) is 0 Å². The van der Waals surface area contributed by atoms with Gasteiger partial charge in [-0.1, -0.05) is 39.0 Å². The second-order valence-electron chi connectivity index (χ2n) is 6.31. The molecule has 3 heteroatoms. The fraction of sp³-hybridized carbons (Fsp3) is 0.600. The second-order valence-corrected chi connectivity index (χ2v) is 9.01. The van der Waals surface area contributed by atoms with Crippen LogP contribution in [0.15, 0.2) is 30.3 Å². The van der Waals surface area contributed by atoms with Crippen molar-refractivity contribution in [2.75, 3.05) is 12.3 Å². The van der Waals surface area contributed by atoms with E-state index in [4.69, 9.17) is 4.52 Å². The molecule has 1 fully saturated rings. The molecule has 1 heterocycles. The molecule has 0 spiro atoms. The molecule has 100 valence electrons. The van der Waals surface area contributed by atoms with E-state index in [1.807, 2.05) is 30.3 Å². The summed E-state index contributed by atoms with van der Waals surface area (Å²) in [5.74, 6) is 1.41. The molecule has 0 aromatic heterocycles. The average molecular weight is 266 g/mol. The van der Waals surface area contributed by atoms with Gasteiger partial charge in [0.05, 0.1) is 0 Å². The molecule has 0 aliphatic carbocycles. The molecule has 2 nitrogen and oxygen atoms in total. The van der Waals surface area contributed by atoms with Crippen molar-refractivity contribution in [1.82, 2.24) is 0 Å². The highest BCUT2D eigenvalue weighted by atomic mass is 31.2. The lowest BCUT2D eigenvalue weighted by atomic mass is 9.77. The monoisotopic (exact) mass is 266 g/mol. The minimum atomic E-state index is -2.44. The first kappa shape index (κ1) is 13.7. The van der Waals surface area contributed by atoms with E-state index in [1.165, 1.54) is 0 Å². The van der Waals surface area contributed by atoms with Gasteiger partial charge in [0.25, 0.3) is 0 Å². The molecule has 0 amide bonds. The first-order valence-electron chi connectivity index (χ1n) is 6.72. The van der Waals surface area contributed by atoms with E-state index >= 15 is 0 Å². The highest BCUT2D eigenvalue weighted by molar-refractivity contribution is 7.59. The van der Waals surface area contributed by atoms with E-state index in [1.54, 1.807) is 0 Å². The Morgan fingerprint density at radius 2 is 1.67 bits per heavy atom. The second kappa shape index (κ2) is 5.09. The standard InChI is InChI=1S/C15H23O2P/c1-15(2,3)13-9-11-18(16,12-10-13)17-14-7-5-4-6-8-14/h4-8,13H,9-12H2,1-3H3. The van der Waals surface area contributed by atoms with Crippen LogP contribution in [0.2, 0.25) is 0 Å². The number of hydrogen-bond donors (Lipinski definition) is 0. The van der Waals surface area contributed by atoms with Crippen LogP contribution in [0.5, 0.6) is 5.75 Å². The van der Waals surface area contributed by atoms with Crippen LogP contribution in [0.3, 0.4) is 0 Å².